The molecule has 22 heavy (non-hydrogen) atoms. The number of hydrogen-bond acceptors (Lipinski definition) is 4. The maximum Gasteiger partial charge on any atom is 0.243 e. The van der Waals surface area contributed by atoms with Gasteiger partial charge in [0.25, 0.3) is 0 Å². The molecule has 1 fully saturated rings. The second kappa shape index (κ2) is 5.78. The minimum absolute atomic E-state index is 0.112. The summed E-state index contributed by atoms with van der Waals surface area (Å²) in [7, 11) is 1.75. The number of carbonyl (C=O) groups is 1. The molecule has 6 nitrogen and oxygen atoms in total. The molecule has 1 aromatic carbocycles. The van der Waals surface area contributed by atoms with Crippen LogP contribution in [0, 0.1) is 11.3 Å². The van der Waals surface area contributed by atoms with Crippen molar-refractivity contribution in [2.24, 2.45) is 0 Å². The zero-order chi connectivity index (χ0) is 15.7. The number of carbonyl (C=O) groups excluding carboxylic acids is 1. The quantitative estimate of drug-likeness (QED) is 0.906. The number of nitrogens with one attached hydrogen (secondary N) is 2. The lowest BCUT2D eigenvalue weighted by Gasteiger charge is -2.29. The second-order valence-electron chi connectivity index (χ2n) is 5.71. The standard InChI is InChI=1S/C16H19N5O/c1-10(18-2)15(22)20-16-19-13-7-6-11(9-17)8-14(13)21(16)12-4-3-5-12/h6-8,10,12,18H,3-5H2,1-2H3,(H,19,20,22). The van der Waals surface area contributed by atoms with Gasteiger partial charge in [-0.25, -0.2) is 4.98 Å². The third-order valence-electron chi connectivity index (χ3n) is 4.32. The van der Waals surface area contributed by atoms with E-state index in [0.29, 0.717) is 17.6 Å². The van der Waals surface area contributed by atoms with Gasteiger partial charge in [-0.1, -0.05) is 0 Å². The van der Waals surface area contributed by atoms with Gasteiger partial charge in [-0.05, 0) is 51.4 Å². The Morgan fingerprint density at radius 2 is 2.27 bits per heavy atom. The highest BCUT2D eigenvalue weighted by atomic mass is 16.2. The predicted molar refractivity (Wildman–Crippen MR) is 84.5 cm³/mol. The Morgan fingerprint density at radius 3 is 2.86 bits per heavy atom. The minimum atomic E-state index is -0.288. The Labute approximate surface area is 129 Å². The molecular weight excluding hydrogens is 278 g/mol. The molecule has 1 aliphatic carbocycles. The Kier molecular flexibility index (Phi) is 3.82. The average molecular weight is 297 g/mol. The highest BCUT2D eigenvalue weighted by molar-refractivity contribution is 5.95. The van der Waals surface area contributed by atoms with Gasteiger partial charge < -0.3 is 9.88 Å². The van der Waals surface area contributed by atoms with E-state index in [-0.39, 0.29) is 11.9 Å². The van der Waals surface area contributed by atoms with Crippen LogP contribution in [0.1, 0.15) is 37.8 Å². The predicted octanol–water partition coefficient (Wildman–Crippen LogP) is 2.18. The lowest BCUT2D eigenvalue weighted by Crippen LogP contribution is -2.36. The molecule has 1 saturated carbocycles. The summed E-state index contributed by atoms with van der Waals surface area (Å²) < 4.78 is 2.07. The Balaban J connectivity index is 2.05. The Bertz CT molecular complexity index is 754. The van der Waals surface area contributed by atoms with Gasteiger partial charge in [0.15, 0.2) is 0 Å². The van der Waals surface area contributed by atoms with Crippen LogP contribution < -0.4 is 10.6 Å². The first-order valence-corrected chi connectivity index (χ1v) is 7.54. The molecular formula is C16H19N5O. The van der Waals surface area contributed by atoms with Crippen LogP contribution in [0.25, 0.3) is 11.0 Å². The summed E-state index contributed by atoms with van der Waals surface area (Å²) >= 11 is 0. The van der Waals surface area contributed by atoms with Gasteiger partial charge in [-0.2, -0.15) is 5.26 Å². The fraction of sp³-hybridized carbons (Fsp3) is 0.438. The summed E-state index contributed by atoms with van der Waals surface area (Å²) in [4.78, 5) is 16.7. The van der Waals surface area contributed by atoms with E-state index in [4.69, 9.17) is 5.26 Å². The van der Waals surface area contributed by atoms with Crippen LogP contribution in [0.4, 0.5) is 5.95 Å². The monoisotopic (exact) mass is 297 g/mol. The SMILES string of the molecule is CNC(C)C(=O)Nc1nc2ccc(C#N)cc2n1C1CCC1. The van der Waals surface area contributed by atoms with Crippen LogP contribution in [0.2, 0.25) is 0 Å². The summed E-state index contributed by atoms with van der Waals surface area (Å²) in [6.07, 6.45) is 3.34. The molecule has 1 aromatic heterocycles. The van der Waals surface area contributed by atoms with Crippen molar-refractivity contribution in [1.82, 2.24) is 14.9 Å². The molecule has 0 aliphatic heterocycles. The van der Waals surface area contributed by atoms with Gasteiger partial charge in [-0.15, -0.1) is 0 Å². The molecule has 3 rings (SSSR count). The number of nitriles is 1. The number of benzene rings is 1. The second-order valence-corrected chi connectivity index (χ2v) is 5.71. The number of anilines is 1. The summed E-state index contributed by atoms with van der Waals surface area (Å²) in [5, 5.41) is 14.9. The molecule has 1 amide bonds. The maximum absolute atomic E-state index is 12.1. The normalized spacial score (nSPS) is 16.0. The fourth-order valence-corrected chi connectivity index (χ4v) is 2.61. The van der Waals surface area contributed by atoms with Crippen LogP contribution >= 0.6 is 0 Å². The highest BCUT2D eigenvalue weighted by Crippen LogP contribution is 2.37. The maximum atomic E-state index is 12.1. The van der Waals surface area contributed by atoms with E-state index >= 15 is 0 Å². The zero-order valence-electron chi connectivity index (χ0n) is 12.8. The fourth-order valence-electron chi connectivity index (χ4n) is 2.61. The number of hydrogen-bond donors (Lipinski definition) is 2. The van der Waals surface area contributed by atoms with Crippen molar-refractivity contribution in [3.63, 3.8) is 0 Å². The minimum Gasteiger partial charge on any atom is -0.309 e. The Morgan fingerprint density at radius 1 is 1.50 bits per heavy atom. The van der Waals surface area contributed by atoms with Gasteiger partial charge in [0, 0.05) is 6.04 Å². The number of aromatic nitrogens is 2. The van der Waals surface area contributed by atoms with Crippen LogP contribution in [-0.2, 0) is 4.79 Å². The highest BCUT2D eigenvalue weighted by Gasteiger charge is 2.26. The van der Waals surface area contributed by atoms with E-state index in [1.165, 1.54) is 6.42 Å². The number of imidazole rings is 1. The third-order valence-corrected chi connectivity index (χ3v) is 4.32. The summed E-state index contributed by atoms with van der Waals surface area (Å²) in [6, 6.07) is 7.65. The van der Waals surface area contributed by atoms with Crippen molar-refractivity contribution in [1.29, 1.82) is 5.26 Å². The molecule has 1 heterocycles. The number of likely N-dealkylation sites (N-methyl/N-ethyl adjacent to an activating group) is 1. The van der Waals surface area contributed by atoms with Crippen LogP contribution in [0.5, 0.6) is 0 Å². The average Bonchev–Trinajstić information content (AvgIpc) is 2.82. The molecule has 6 heteroatoms. The number of amides is 1. The van der Waals surface area contributed by atoms with E-state index in [1.807, 2.05) is 12.1 Å². The molecule has 2 N–H and O–H groups in total. The van der Waals surface area contributed by atoms with Crippen molar-refractivity contribution < 1.29 is 4.79 Å². The van der Waals surface area contributed by atoms with Crippen LogP contribution in [-0.4, -0.2) is 28.5 Å². The topological polar surface area (TPSA) is 82.7 Å². The first kappa shape index (κ1) is 14.5. The van der Waals surface area contributed by atoms with Crippen LogP contribution in [0.15, 0.2) is 18.2 Å². The van der Waals surface area contributed by atoms with Crippen molar-refractivity contribution >= 4 is 22.9 Å². The largest absolute Gasteiger partial charge is 0.309 e. The molecule has 0 spiro atoms. The zero-order valence-corrected chi connectivity index (χ0v) is 12.8. The summed E-state index contributed by atoms with van der Waals surface area (Å²) in [5.74, 6) is 0.459. The summed E-state index contributed by atoms with van der Waals surface area (Å²) in [5.41, 5.74) is 2.32. The molecule has 1 atom stereocenters. The van der Waals surface area contributed by atoms with E-state index < -0.39 is 0 Å². The molecule has 1 aliphatic rings. The van der Waals surface area contributed by atoms with Crippen molar-refractivity contribution in [2.75, 3.05) is 12.4 Å². The molecule has 0 bridgehead atoms. The first-order valence-electron chi connectivity index (χ1n) is 7.54. The van der Waals surface area contributed by atoms with E-state index in [9.17, 15) is 4.79 Å². The van der Waals surface area contributed by atoms with Crippen LogP contribution in [0.3, 0.4) is 0 Å². The van der Waals surface area contributed by atoms with Crippen molar-refractivity contribution in [2.45, 2.75) is 38.3 Å². The molecule has 0 radical (unpaired) electrons. The smallest absolute Gasteiger partial charge is 0.243 e. The third kappa shape index (κ3) is 2.44. The Hall–Kier alpha value is -2.39. The lowest BCUT2D eigenvalue weighted by atomic mass is 9.92. The number of nitrogens with zero attached hydrogens (tertiary/aromatic N) is 3. The van der Waals surface area contributed by atoms with E-state index in [0.717, 1.165) is 23.9 Å². The van der Waals surface area contributed by atoms with Gasteiger partial charge in [-0.3, -0.25) is 10.1 Å². The van der Waals surface area contributed by atoms with Gasteiger partial charge in [0.1, 0.15) is 0 Å². The first-order chi connectivity index (χ1) is 10.6. The van der Waals surface area contributed by atoms with E-state index in [1.54, 1.807) is 20.0 Å². The molecule has 1 unspecified atom stereocenters. The van der Waals surface area contributed by atoms with Gasteiger partial charge >= 0.3 is 0 Å². The number of rotatable bonds is 4. The van der Waals surface area contributed by atoms with Crippen molar-refractivity contribution in [3.05, 3.63) is 23.8 Å². The lowest BCUT2D eigenvalue weighted by molar-refractivity contribution is -0.117. The van der Waals surface area contributed by atoms with Gasteiger partial charge in [0.05, 0.1) is 28.7 Å². The van der Waals surface area contributed by atoms with Crippen molar-refractivity contribution in [3.8, 4) is 6.07 Å². The van der Waals surface area contributed by atoms with Gasteiger partial charge in [0.2, 0.25) is 11.9 Å². The molecule has 0 saturated heterocycles. The molecule has 2 aromatic rings. The van der Waals surface area contributed by atoms with E-state index in [2.05, 4.69) is 26.3 Å². The molecule has 114 valence electrons. The summed E-state index contributed by atoms with van der Waals surface area (Å²) in [6.45, 7) is 1.81. The number of fused-ring (bicyclic) bond motifs is 1.